The van der Waals surface area contributed by atoms with Gasteiger partial charge in [0, 0.05) is 40.0 Å². The normalized spacial score (nSPS) is 16.9. The number of allylic oxidation sites excluding steroid dienone is 14. The van der Waals surface area contributed by atoms with Crippen molar-refractivity contribution < 1.29 is 0 Å². The van der Waals surface area contributed by atoms with E-state index in [1.54, 1.807) is 0 Å². The number of hydrogen-bond acceptors (Lipinski definition) is 1. The van der Waals surface area contributed by atoms with Crippen LogP contribution in [0.25, 0.3) is 55.3 Å². The highest BCUT2D eigenvalue weighted by molar-refractivity contribution is 6.13. The van der Waals surface area contributed by atoms with Crippen LogP contribution >= 0.6 is 0 Å². The Morgan fingerprint density at radius 2 is 1.51 bits per heavy atom. The molecule has 0 spiro atoms. The molecule has 0 N–H and O–H groups in total. The third-order valence-corrected chi connectivity index (χ3v) is 11.6. The molecule has 0 atom stereocenters. The smallest absolute Gasteiger partial charge is 0.0547 e. The number of aromatic nitrogens is 1. The summed E-state index contributed by atoms with van der Waals surface area (Å²) in [5.74, 6) is 0. The molecule has 0 unspecified atom stereocenters. The first kappa shape index (κ1) is 37.3. The topological polar surface area (TPSA) is 8.17 Å². The summed E-state index contributed by atoms with van der Waals surface area (Å²) in [7, 11) is 0. The van der Waals surface area contributed by atoms with Gasteiger partial charge in [0.25, 0.3) is 0 Å². The van der Waals surface area contributed by atoms with Gasteiger partial charge in [0.2, 0.25) is 0 Å². The van der Waals surface area contributed by atoms with Crippen molar-refractivity contribution in [3.05, 3.63) is 217 Å². The van der Waals surface area contributed by atoms with Crippen molar-refractivity contribution in [3.63, 3.8) is 0 Å². The first-order valence-corrected chi connectivity index (χ1v) is 20.0. The average Bonchev–Trinajstić information content (AvgIpc) is 3.57. The summed E-state index contributed by atoms with van der Waals surface area (Å²) >= 11 is 0. The molecule has 2 heterocycles. The van der Waals surface area contributed by atoms with Crippen molar-refractivity contribution in [1.29, 1.82) is 0 Å². The fourth-order valence-corrected chi connectivity index (χ4v) is 8.72. The van der Waals surface area contributed by atoms with Gasteiger partial charge in [-0.05, 0) is 162 Å². The van der Waals surface area contributed by atoms with Crippen LogP contribution in [0, 0.1) is 6.92 Å². The molecule has 6 aromatic rings. The molecule has 0 fully saturated rings. The molecular formula is C55H50N2. The molecule has 1 aromatic heterocycles. The highest BCUT2D eigenvalue weighted by Gasteiger charge is 2.26. The van der Waals surface area contributed by atoms with Crippen molar-refractivity contribution in [2.24, 2.45) is 0 Å². The highest BCUT2D eigenvalue weighted by atomic mass is 15.1. The van der Waals surface area contributed by atoms with Crippen molar-refractivity contribution in [2.75, 3.05) is 11.4 Å². The number of para-hydroxylation sites is 1. The number of rotatable bonds is 8. The quantitative estimate of drug-likeness (QED) is 0.141. The largest absolute Gasteiger partial charge is 0.337 e. The number of nitrogens with zero attached hydrogens (tertiary/aromatic N) is 2. The Morgan fingerprint density at radius 3 is 2.26 bits per heavy atom. The van der Waals surface area contributed by atoms with Gasteiger partial charge in [0.1, 0.15) is 0 Å². The van der Waals surface area contributed by atoms with Crippen molar-refractivity contribution in [1.82, 2.24) is 4.57 Å². The Morgan fingerprint density at radius 1 is 0.737 bits per heavy atom. The molecule has 57 heavy (non-hydrogen) atoms. The zero-order valence-electron chi connectivity index (χ0n) is 33.6. The number of hydrogen-bond donors (Lipinski definition) is 0. The van der Waals surface area contributed by atoms with E-state index in [4.69, 9.17) is 6.58 Å². The molecular weight excluding hydrogens is 689 g/mol. The molecule has 1 aliphatic heterocycles. The van der Waals surface area contributed by atoms with Crippen molar-refractivity contribution >= 4 is 55.6 Å². The molecule has 0 saturated heterocycles. The van der Waals surface area contributed by atoms with Gasteiger partial charge in [-0.1, -0.05) is 117 Å². The van der Waals surface area contributed by atoms with Gasteiger partial charge >= 0.3 is 0 Å². The van der Waals surface area contributed by atoms with Crippen molar-refractivity contribution in [3.8, 4) is 11.1 Å². The van der Waals surface area contributed by atoms with Crippen LogP contribution in [0.4, 0.5) is 11.4 Å². The van der Waals surface area contributed by atoms with E-state index in [0.29, 0.717) is 6.54 Å². The number of anilines is 2. The van der Waals surface area contributed by atoms with Crippen LogP contribution in [0.3, 0.4) is 0 Å². The average molecular weight is 739 g/mol. The van der Waals surface area contributed by atoms with Crippen LogP contribution in [0.2, 0.25) is 0 Å². The van der Waals surface area contributed by atoms with Gasteiger partial charge in [0.05, 0.1) is 11.0 Å². The third kappa shape index (κ3) is 6.83. The number of aryl methyl sites for hydroxylation is 2. The first-order chi connectivity index (χ1) is 27.8. The molecule has 8 rings (SSSR count). The van der Waals surface area contributed by atoms with E-state index in [1.165, 1.54) is 77.5 Å². The third-order valence-electron chi connectivity index (χ3n) is 11.6. The highest BCUT2D eigenvalue weighted by Crippen LogP contribution is 2.45. The van der Waals surface area contributed by atoms with Gasteiger partial charge in [-0.15, -0.1) is 0 Å². The molecule has 2 heteroatoms. The molecule has 2 aliphatic rings. The summed E-state index contributed by atoms with van der Waals surface area (Å²) in [5.41, 5.74) is 20.5. The fraction of sp³-hybridized carbons (Fsp3) is 0.127. The Bertz CT molecular complexity index is 2790. The molecule has 280 valence electrons. The summed E-state index contributed by atoms with van der Waals surface area (Å²) in [6, 6.07) is 38.1. The van der Waals surface area contributed by atoms with Crippen LogP contribution in [-0.2, 0) is 6.42 Å². The van der Waals surface area contributed by atoms with E-state index in [0.717, 1.165) is 41.1 Å². The van der Waals surface area contributed by atoms with Gasteiger partial charge in [-0.3, -0.25) is 0 Å². The summed E-state index contributed by atoms with van der Waals surface area (Å²) in [6.07, 6.45) is 21.1. The number of benzene rings is 5. The van der Waals surface area contributed by atoms with Crippen LogP contribution in [0.15, 0.2) is 189 Å². The summed E-state index contributed by atoms with van der Waals surface area (Å²) in [5, 5.41) is 2.49. The Balaban J connectivity index is 1.35. The van der Waals surface area contributed by atoms with E-state index in [2.05, 4.69) is 196 Å². The Labute approximate surface area is 338 Å². The van der Waals surface area contributed by atoms with Gasteiger partial charge < -0.3 is 9.47 Å². The minimum Gasteiger partial charge on any atom is -0.337 e. The van der Waals surface area contributed by atoms with E-state index in [9.17, 15) is 0 Å². The fourth-order valence-electron chi connectivity index (χ4n) is 8.72. The Kier molecular flexibility index (Phi) is 10.4. The summed E-state index contributed by atoms with van der Waals surface area (Å²) < 4.78 is 2.40. The van der Waals surface area contributed by atoms with Crippen LogP contribution in [0.5, 0.6) is 0 Å². The van der Waals surface area contributed by atoms with Crippen molar-refractivity contribution in [2.45, 2.75) is 40.5 Å². The van der Waals surface area contributed by atoms with Crippen LogP contribution in [-0.4, -0.2) is 11.1 Å². The molecule has 0 amide bonds. The lowest BCUT2D eigenvalue weighted by molar-refractivity contribution is 0.940. The zero-order chi connectivity index (χ0) is 39.6. The summed E-state index contributed by atoms with van der Waals surface area (Å²) in [6.45, 7) is 22.1. The maximum Gasteiger partial charge on any atom is 0.0547 e. The molecule has 0 bridgehead atoms. The summed E-state index contributed by atoms with van der Waals surface area (Å²) in [4.78, 5) is 2.44. The van der Waals surface area contributed by atoms with Crippen LogP contribution in [0.1, 0.15) is 55.0 Å². The monoisotopic (exact) mass is 738 g/mol. The van der Waals surface area contributed by atoms with E-state index in [1.807, 2.05) is 12.2 Å². The van der Waals surface area contributed by atoms with Gasteiger partial charge in [-0.2, -0.15) is 0 Å². The van der Waals surface area contributed by atoms with E-state index >= 15 is 0 Å². The SMILES string of the molecule is C=C/C=C(\C(C)=C/C)c1ccc2c(c1)c1cc3c(cc1n2C(/C=C\C)=C/C=C)C1=C/CN(c2ccccc2)c2ccc(-c4ccccc4C)cc2C(=C)/C=C\1CC3. The lowest BCUT2D eigenvalue weighted by Crippen LogP contribution is -2.18. The van der Waals surface area contributed by atoms with E-state index in [-0.39, 0.29) is 0 Å². The minimum absolute atomic E-state index is 0.716. The standard InChI is InChI=1S/C55H50N2/c1-8-17-45(18-9-2)57-54-29-27-42(46(19-10-3)37(5)11-4)34-51(54)52-35-43-25-24-40-32-39(7)49-33-41(47-23-16-15-20-38(47)6)26-28-53(49)56(44-21-13-12-14-22-44)31-30-48(40)50(43)36-55(52)57/h8-23,26-30,32-36H,1,3,7,24-25,31H2,2,4-6H3/b18-9-,37-11-,40-32-,45-17+,46-19+,48-30+. The maximum absolute atomic E-state index is 4.77. The molecule has 5 aromatic carbocycles. The Hall–Kier alpha value is -6.64. The number of fused-ring (bicyclic) bond motifs is 7. The predicted octanol–water partition coefficient (Wildman–Crippen LogP) is 15.0. The molecule has 1 aliphatic carbocycles. The first-order valence-electron chi connectivity index (χ1n) is 20.0. The lowest BCUT2D eigenvalue weighted by atomic mass is 9.81. The lowest BCUT2D eigenvalue weighted by Gasteiger charge is -2.27. The second-order valence-corrected chi connectivity index (χ2v) is 15.0. The molecule has 0 radical (unpaired) electrons. The second kappa shape index (κ2) is 15.8. The maximum atomic E-state index is 4.77. The van der Waals surface area contributed by atoms with Gasteiger partial charge in [0.15, 0.2) is 0 Å². The molecule has 2 nitrogen and oxygen atoms in total. The predicted molar refractivity (Wildman–Crippen MR) is 250 cm³/mol. The molecule has 0 saturated carbocycles. The zero-order valence-corrected chi connectivity index (χ0v) is 33.6. The van der Waals surface area contributed by atoms with E-state index < -0.39 is 0 Å². The minimum atomic E-state index is 0.716. The van der Waals surface area contributed by atoms with Crippen LogP contribution < -0.4 is 4.90 Å². The second-order valence-electron chi connectivity index (χ2n) is 15.0. The van der Waals surface area contributed by atoms with Gasteiger partial charge in [-0.25, -0.2) is 0 Å².